The van der Waals surface area contributed by atoms with Crippen LogP contribution in [0.3, 0.4) is 0 Å². The van der Waals surface area contributed by atoms with Gasteiger partial charge in [0.1, 0.15) is 12.7 Å². The number of hydrogen-bond acceptors (Lipinski definition) is 10. The SMILES string of the molecule is CCCCCCCC/C=C\CCCCCCCCCC(=O)OC(COC(=O)CCCCCCCCCCCCCCCCC)COP(=O)(O)OCC(CO)OC(=O)CCCCCCCCCCCCC. The van der Waals surface area contributed by atoms with Crippen LogP contribution in [0.4, 0.5) is 0 Å². The first-order valence-corrected chi connectivity index (χ1v) is 31.1. The topological polar surface area (TPSA) is 155 Å². The maximum absolute atomic E-state index is 12.9. The summed E-state index contributed by atoms with van der Waals surface area (Å²) in [5.41, 5.74) is 0. The third-order valence-corrected chi connectivity index (χ3v) is 14.1. The van der Waals surface area contributed by atoms with Crippen LogP contribution >= 0.6 is 7.82 Å². The van der Waals surface area contributed by atoms with Crippen LogP contribution in [-0.2, 0) is 42.2 Å². The number of aliphatic hydroxyl groups excluding tert-OH is 1. The molecule has 2 N–H and O–H groups in total. The first kappa shape index (κ1) is 68.2. The number of carbonyl (C=O) groups excluding carboxylic acids is 3. The molecule has 3 atom stereocenters. The minimum Gasteiger partial charge on any atom is -0.462 e. The van der Waals surface area contributed by atoms with Gasteiger partial charge in [0.2, 0.25) is 0 Å². The lowest BCUT2D eigenvalue weighted by Crippen LogP contribution is -2.30. The highest BCUT2D eigenvalue weighted by atomic mass is 31.2. The van der Waals surface area contributed by atoms with E-state index >= 15 is 0 Å². The van der Waals surface area contributed by atoms with Gasteiger partial charge in [0.05, 0.1) is 19.8 Å². The second-order valence-electron chi connectivity index (χ2n) is 20.2. The molecule has 0 heterocycles. The molecule has 0 aromatic carbocycles. The molecule has 0 aromatic heterocycles. The van der Waals surface area contributed by atoms with E-state index in [1.165, 1.54) is 180 Å². The first-order valence-electron chi connectivity index (χ1n) is 29.6. The van der Waals surface area contributed by atoms with Crippen molar-refractivity contribution in [2.75, 3.05) is 26.4 Å². The number of rotatable bonds is 56. The summed E-state index contributed by atoms with van der Waals surface area (Å²) in [5.74, 6) is -1.44. The number of phosphoric acid groups is 1. The van der Waals surface area contributed by atoms with Gasteiger partial charge in [0, 0.05) is 19.3 Å². The van der Waals surface area contributed by atoms with Crippen LogP contribution in [0, 0.1) is 0 Å². The Kier molecular flexibility index (Phi) is 52.1. The molecule has 12 heteroatoms. The van der Waals surface area contributed by atoms with Crippen LogP contribution in [0.1, 0.15) is 303 Å². The first-order chi connectivity index (χ1) is 34.2. The Morgan fingerprint density at radius 3 is 0.986 bits per heavy atom. The van der Waals surface area contributed by atoms with Crippen molar-refractivity contribution in [2.45, 2.75) is 315 Å². The molecule has 0 aromatic rings. The number of esters is 3. The monoisotopic (exact) mass is 1010 g/mol. The Morgan fingerprint density at radius 2 is 0.657 bits per heavy atom. The fraction of sp³-hybridized carbons (Fsp3) is 0.914. The molecule has 0 saturated heterocycles. The molecular weight excluding hydrogens is 904 g/mol. The average Bonchev–Trinajstić information content (AvgIpc) is 3.35. The van der Waals surface area contributed by atoms with E-state index in [0.717, 1.165) is 64.2 Å². The van der Waals surface area contributed by atoms with Gasteiger partial charge in [-0.1, -0.05) is 251 Å². The zero-order valence-electron chi connectivity index (χ0n) is 45.8. The normalized spacial score (nSPS) is 13.4. The van der Waals surface area contributed by atoms with E-state index in [1.807, 2.05) is 0 Å². The molecule has 0 amide bonds. The summed E-state index contributed by atoms with van der Waals surface area (Å²) < 4.78 is 39.5. The number of allylic oxidation sites excluding steroid dienone is 2. The highest BCUT2D eigenvalue weighted by Gasteiger charge is 2.28. The lowest BCUT2D eigenvalue weighted by molar-refractivity contribution is -0.161. The van der Waals surface area contributed by atoms with Crippen molar-refractivity contribution in [3.8, 4) is 0 Å². The molecule has 0 saturated carbocycles. The van der Waals surface area contributed by atoms with Crippen LogP contribution in [-0.4, -0.2) is 66.5 Å². The van der Waals surface area contributed by atoms with Gasteiger partial charge in [-0.15, -0.1) is 0 Å². The van der Waals surface area contributed by atoms with E-state index in [0.29, 0.717) is 19.3 Å². The molecule has 11 nitrogen and oxygen atoms in total. The van der Waals surface area contributed by atoms with Crippen LogP contribution in [0.2, 0.25) is 0 Å². The zero-order chi connectivity index (χ0) is 51.3. The van der Waals surface area contributed by atoms with Crippen LogP contribution in [0.5, 0.6) is 0 Å². The highest BCUT2D eigenvalue weighted by molar-refractivity contribution is 7.47. The molecule has 0 aliphatic rings. The molecule has 3 unspecified atom stereocenters. The highest BCUT2D eigenvalue weighted by Crippen LogP contribution is 2.43. The molecule has 414 valence electrons. The van der Waals surface area contributed by atoms with Crippen LogP contribution < -0.4 is 0 Å². The Labute approximate surface area is 430 Å². The van der Waals surface area contributed by atoms with Crippen molar-refractivity contribution >= 4 is 25.7 Å². The summed E-state index contributed by atoms with van der Waals surface area (Å²) in [7, 11) is -4.74. The van der Waals surface area contributed by atoms with E-state index in [1.54, 1.807) is 0 Å². The molecule has 0 aliphatic heterocycles. The summed E-state index contributed by atoms with van der Waals surface area (Å²) in [5, 5.41) is 9.79. The molecule has 0 spiro atoms. The number of carbonyl (C=O) groups is 3. The second kappa shape index (κ2) is 53.5. The van der Waals surface area contributed by atoms with E-state index in [9.17, 15) is 28.9 Å². The van der Waals surface area contributed by atoms with Gasteiger partial charge < -0.3 is 24.2 Å². The minimum absolute atomic E-state index is 0.170. The van der Waals surface area contributed by atoms with Crippen molar-refractivity contribution in [3.63, 3.8) is 0 Å². The summed E-state index contributed by atoms with van der Waals surface area (Å²) in [6.07, 6.45) is 51.7. The minimum atomic E-state index is -4.74. The third-order valence-electron chi connectivity index (χ3n) is 13.2. The fourth-order valence-electron chi connectivity index (χ4n) is 8.65. The van der Waals surface area contributed by atoms with E-state index in [4.69, 9.17) is 23.3 Å². The number of phosphoric ester groups is 1. The number of aliphatic hydroxyl groups is 1. The molecule has 0 radical (unpaired) electrons. The van der Waals surface area contributed by atoms with Gasteiger partial charge in [-0.3, -0.25) is 23.4 Å². The van der Waals surface area contributed by atoms with E-state index in [2.05, 4.69) is 32.9 Å². The number of ether oxygens (including phenoxy) is 3. The maximum atomic E-state index is 12.9. The van der Waals surface area contributed by atoms with Crippen molar-refractivity contribution in [1.82, 2.24) is 0 Å². The summed E-state index contributed by atoms with van der Waals surface area (Å²) in [6, 6.07) is 0. The Bertz CT molecular complexity index is 1230. The number of hydrogen-bond donors (Lipinski definition) is 2. The van der Waals surface area contributed by atoms with Crippen LogP contribution in [0.25, 0.3) is 0 Å². The molecule has 0 rings (SSSR count). The van der Waals surface area contributed by atoms with Gasteiger partial charge in [0.15, 0.2) is 6.10 Å². The van der Waals surface area contributed by atoms with Gasteiger partial charge in [-0.05, 0) is 44.9 Å². The van der Waals surface area contributed by atoms with Gasteiger partial charge in [-0.2, -0.15) is 0 Å². The average molecular weight is 1020 g/mol. The van der Waals surface area contributed by atoms with Crippen molar-refractivity contribution in [3.05, 3.63) is 12.2 Å². The molecular formula is C58H111O11P. The number of unbranched alkanes of at least 4 members (excludes halogenated alkanes) is 37. The Morgan fingerprint density at radius 1 is 0.386 bits per heavy atom. The summed E-state index contributed by atoms with van der Waals surface area (Å²) >= 11 is 0. The van der Waals surface area contributed by atoms with Gasteiger partial charge >= 0.3 is 25.7 Å². The largest absolute Gasteiger partial charge is 0.472 e. The smallest absolute Gasteiger partial charge is 0.462 e. The van der Waals surface area contributed by atoms with E-state index in [-0.39, 0.29) is 25.9 Å². The Balaban J connectivity index is 4.68. The fourth-order valence-corrected chi connectivity index (χ4v) is 9.43. The van der Waals surface area contributed by atoms with E-state index < -0.39 is 57.8 Å². The van der Waals surface area contributed by atoms with Crippen molar-refractivity contribution in [1.29, 1.82) is 0 Å². The third kappa shape index (κ3) is 51.1. The predicted molar refractivity (Wildman–Crippen MR) is 289 cm³/mol. The molecule has 0 fully saturated rings. The van der Waals surface area contributed by atoms with Gasteiger partial charge in [0.25, 0.3) is 0 Å². The quantitative estimate of drug-likeness (QED) is 0.0197. The molecule has 70 heavy (non-hydrogen) atoms. The standard InChI is InChI=1S/C58H111O11P/c1-4-7-10-13-16-19-22-24-26-27-29-31-34-37-40-43-46-49-58(62)69-55(51-65-56(60)47-44-41-38-35-33-30-28-25-23-20-17-14-11-8-5-2)53-67-70(63,64)66-52-54(50-59)68-57(61)48-45-42-39-36-32-21-18-15-12-9-6-3/h24,26,54-55,59H,4-23,25,27-53H2,1-3H3,(H,63,64)/b26-24-. The maximum Gasteiger partial charge on any atom is 0.472 e. The Hall–Kier alpha value is -1.78. The molecule has 0 bridgehead atoms. The lowest BCUT2D eigenvalue weighted by atomic mass is 10.0. The zero-order valence-corrected chi connectivity index (χ0v) is 46.7. The summed E-state index contributed by atoms with van der Waals surface area (Å²) in [4.78, 5) is 48.5. The summed E-state index contributed by atoms with van der Waals surface area (Å²) in [6.45, 7) is 4.69. The second-order valence-corrected chi connectivity index (χ2v) is 21.6. The van der Waals surface area contributed by atoms with Crippen molar-refractivity contribution < 1.29 is 52.2 Å². The predicted octanol–water partition coefficient (Wildman–Crippen LogP) is 17.3. The molecule has 0 aliphatic carbocycles. The van der Waals surface area contributed by atoms with Gasteiger partial charge in [-0.25, -0.2) is 4.57 Å². The van der Waals surface area contributed by atoms with Crippen molar-refractivity contribution in [2.24, 2.45) is 0 Å². The lowest BCUT2D eigenvalue weighted by Gasteiger charge is -2.21. The van der Waals surface area contributed by atoms with Crippen LogP contribution in [0.15, 0.2) is 12.2 Å².